The maximum Gasteiger partial charge on any atom is 0.423 e. The fourth-order valence-electron chi connectivity index (χ4n) is 2.70. The molecular formula is C17H22F4N4O2S. The van der Waals surface area contributed by atoms with E-state index in [4.69, 9.17) is 5.14 Å². The van der Waals surface area contributed by atoms with Gasteiger partial charge in [-0.05, 0) is 12.0 Å². The predicted octanol–water partition coefficient (Wildman–Crippen LogP) is 3.71. The molecule has 0 aliphatic carbocycles. The molecule has 0 fully saturated rings. The summed E-state index contributed by atoms with van der Waals surface area (Å²) in [5.41, 5.74) is -0.124. The maximum absolute atomic E-state index is 13.5. The van der Waals surface area contributed by atoms with Gasteiger partial charge in [0.05, 0.1) is 12.3 Å². The fraction of sp³-hybridized carbons (Fsp3) is 0.529. The Kier molecular flexibility index (Phi) is 6.81. The topological polar surface area (TPSA) is 90.9 Å². The molecule has 0 aliphatic heterocycles. The molecule has 156 valence electrons. The molecule has 0 radical (unpaired) electrons. The Hall–Kier alpha value is -2.01. The lowest BCUT2D eigenvalue weighted by atomic mass is 10.1. The lowest BCUT2D eigenvalue weighted by Crippen LogP contribution is -2.21. The van der Waals surface area contributed by atoms with Gasteiger partial charge >= 0.3 is 6.18 Å². The molecule has 0 spiro atoms. The van der Waals surface area contributed by atoms with E-state index in [2.05, 4.69) is 10.1 Å². The third kappa shape index (κ3) is 5.74. The molecule has 0 saturated carbocycles. The third-order valence-electron chi connectivity index (χ3n) is 4.19. The number of hydrogen-bond acceptors (Lipinski definition) is 4. The monoisotopic (exact) mass is 422 g/mol. The zero-order valence-electron chi connectivity index (χ0n) is 15.4. The van der Waals surface area contributed by atoms with Crippen LogP contribution >= 0.6 is 0 Å². The average Bonchev–Trinajstić information content (AvgIpc) is 3.03. The van der Waals surface area contributed by atoms with E-state index in [1.54, 1.807) is 0 Å². The van der Waals surface area contributed by atoms with Gasteiger partial charge in [0.2, 0.25) is 16.2 Å². The second kappa shape index (κ2) is 8.56. The van der Waals surface area contributed by atoms with Crippen LogP contribution in [-0.2, 0) is 16.6 Å². The number of aryl methyl sites for hydroxylation is 1. The minimum absolute atomic E-state index is 0.0132. The first-order valence-corrected chi connectivity index (χ1v) is 10.4. The molecule has 2 unspecified atom stereocenters. The SMILES string of the molecule is CCCC(C)c1nc(-c2ccc(C(F)C(F)(F)F)cc2)n(CCS(N)(=O)=O)n1. The standard InChI is InChI=1S/C17H22F4N4O2S/c1-3-4-11(2)15-23-16(25(24-15)9-10-28(22,26)27)13-7-5-12(6-8-13)14(18)17(19,20)21/h5-8,11,14H,3-4,9-10H2,1-2H3,(H2,22,26,27). The lowest BCUT2D eigenvalue weighted by molar-refractivity contribution is -0.182. The van der Waals surface area contributed by atoms with Crippen LogP contribution in [0.15, 0.2) is 24.3 Å². The summed E-state index contributed by atoms with van der Waals surface area (Å²) in [5, 5.41) is 9.38. The highest BCUT2D eigenvalue weighted by Crippen LogP contribution is 2.36. The molecule has 0 amide bonds. The highest BCUT2D eigenvalue weighted by Gasteiger charge is 2.41. The van der Waals surface area contributed by atoms with Crippen LogP contribution in [0, 0.1) is 0 Å². The van der Waals surface area contributed by atoms with E-state index in [9.17, 15) is 26.0 Å². The molecule has 11 heteroatoms. The number of halogens is 4. The summed E-state index contributed by atoms with van der Waals surface area (Å²) < 4.78 is 75.0. The van der Waals surface area contributed by atoms with Crippen molar-refractivity contribution in [2.45, 2.75) is 51.5 Å². The van der Waals surface area contributed by atoms with Gasteiger partial charge in [0.25, 0.3) is 0 Å². The largest absolute Gasteiger partial charge is 0.423 e. The quantitative estimate of drug-likeness (QED) is 0.657. The van der Waals surface area contributed by atoms with E-state index >= 15 is 0 Å². The van der Waals surface area contributed by atoms with E-state index < -0.39 is 27.9 Å². The van der Waals surface area contributed by atoms with Gasteiger partial charge < -0.3 is 0 Å². The van der Waals surface area contributed by atoms with Crippen molar-refractivity contribution >= 4 is 10.0 Å². The van der Waals surface area contributed by atoms with Crippen molar-refractivity contribution in [1.82, 2.24) is 14.8 Å². The van der Waals surface area contributed by atoms with Gasteiger partial charge in [0.15, 0.2) is 11.6 Å². The minimum Gasteiger partial charge on any atom is -0.244 e. The van der Waals surface area contributed by atoms with Crippen LogP contribution in [-0.4, -0.2) is 35.1 Å². The van der Waals surface area contributed by atoms with Crippen LogP contribution in [0.1, 0.15) is 50.2 Å². The van der Waals surface area contributed by atoms with Crippen molar-refractivity contribution in [3.8, 4) is 11.4 Å². The van der Waals surface area contributed by atoms with E-state index in [1.807, 2.05) is 13.8 Å². The molecule has 0 saturated heterocycles. The molecule has 1 aromatic carbocycles. The molecule has 2 N–H and O–H groups in total. The summed E-state index contributed by atoms with van der Waals surface area (Å²) in [4.78, 5) is 4.42. The molecule has 1 heterocycles. The van der Waals surface area contributed by atoms with E-state index in [0.717, 1.165) is 25.0 Å². The Morgan fingerprint density at radius 1 is 1.21 bits per heavy atom. The molecule has 0 bridgehead atoms. The Morgan fingerprint density at radius 2 is 1.82 bits per heavy atom. The molecular weight excluding hydrogens is 400 g/mol. The van der Waals surface area contributed by atoms with E-state index in [-0.39, 0.29) is 24.0 Å². The molecule has 6 nitrogen and oxygen atoms in total. The van der Waals surface area contributed by atoms with Gasteiger partial charge in [-0.15, -0.1) is 0 Å². The van der Waals surface area contributed by atoms with Crippen LogP contribution < -0.4 is 5.14 Å². The van der Waals surface area contributed by atoms with Gasteiger partial charge in [-0.1, -0.05) is 44.5 Å². The van der Waals surface area contributed by atoms with Crippen molar-refractivity contribution in [3.05, 3.63) is 35.7 Å². The van der Waals surface area contributed by atoms with Gasteiger partial charge in [-0.3, -0.25) is 0 Å². The molecule has 2 atom stereocenters. The van der Waals surface area contributed by atoms with Crippen LogP contribution in [0.2, 0.25) is 0 Å². The Balaban J connectivity index is 2.38. The summed E-state index contributed by atoms with van der Waals surface area (Å²) in [5.74, 6) is 0.424. The van der Waals surface area contributed by atoms with Gasteiger partial charge in [0, 0.05) is 11.5 Å². The van der Waals surface area contributed by atoms with Crippen LogP contribution in [0.4, 0.5) is 17.6 Å². The van der Waals surface area contributed by atoms with Gasteiger partial charge in [0.1, 0.15) is 0 Å². The zero-order valence-corrected chi connectivity index (χ0v) is 16.3. The molecule has 2 rings (SSSR count). The van der Waals surface area contributed by atoms with E-state index in [0.29, 0.717) is 11.4 Å². The van der Waals surface area contributed by atoms with Crippen LogP contribution in [0.25, 0.3) is 11.4 Å². The number of hydrogen-bond donors (Lipinski definition) is 1. The van der Waals surface area contributed by atoms with Crippen molar-refractivity contribution < 1.29 is 26.0 Å². The Morgan fingerprint density at radius 3 is 2.32 bits per heavy atom. The normalized spacial score (nSPS) is 14.8. The molecule has 28 heavy (non-hydrogen) atoms. The number of aromatic nitrogens is 3. The number of rotatable bonds is 8. The summed E-state index contributed by atoms with van der Waals surface area (Å²) in [6.45, 7) is 3.87. The number of sulfonamides is 1. The van der Waals surface area contributed by atoms with Crippen molar-refractivity contribution in [2.24, 2.45) is 5.14 Å². The van der Waals surface area contributed by atoms with Gasteiger partial charge in [-0.2, -0.15) is 18.3 Å². The Labute approximate surface area is 160 Å². The molecule has 0 aliphatic rings. The summed E-state index contributed by atoms with van der Waals surface area (Å²) >= 11 is 0. The number of primary sulfonamides is 1. The number of alkyl halides is 4. The Bertz CT molecular complexity index is 895. The summed E-state index contributed by atoms with van der Waals surface area (Å²) in [6, 6.07) is 4.67. The summed E-state index contributed by atoms with van der Waals surface area (Å²) in [7, 11) is -3.74. The van der Waals surface area contributed by atoms with Crippen molar-refractivity contribution in [3.63, 3.8) is 0 Å². The number of benzene rings is 1. The van der Waals surface area contributed by atoms with Crippen LogP contribution in [0.5, 0.6) is 0 Å². The number of nitrogens with two attached hydrogens (primary N) is 1. The second-order valence-electron chi connectivity index (χ2n) is 6.60. The summed E-state index contributed by atoms with van der Waals surface area (Å²) in [6.07, 6.45) is -6.36. The zero-order chi connectivity index (χ0) is 21.1. The van der Waals surface area contributed by atoms with Crippen molar-refractivity contribution in [1.29, 1.82) is 0 Å². The van der Waals surface area contributed by atoms with E-state index in [1.165, 1.54) is 16.8 Å². The third-order valence-corrected chi connectivity index (χ3v) is 4.94. The number of nitrogens with zero attached hydrogens (tertiary/aromatic N) is 3. The highest BCUT2D eigenvalue weighted by molar-refractivity contribution is 7.89. The highest BCUT2D eigenvalue weighted by atomic mass is 32.2. The van der Waals surface area contributed by atoms with Gasteiger partial charge in [-0.25, -0.2) is 27.6 Å². The second-order valence-corrected chi connectivity index (χ2v) is 8.33. The first kappa shape index (κ1) is 22.3. The average molecular weight is 422 g/mol. The van der Waals surface area contributed by atoms with Crippen LogP contribution in [0.3, 0.4) is 0 Å². The smallest absolute Gasteiger partial charge is 0.244 e. The first-order chi connectivity index (χ1) is 12.9. The predicted molar refractivity (Wildman–Crippen MR) is 96.7 cm³/mol. The molecule has 2 aromatic rings. The van der Waals surface area contributed by atoms with Crippen molar-refractivity contribution in [2.75, 3.05) is 5.75 Å². The minimum atomic E-state index is -4.99. The first-order valence-electron chi connectivity index (χ1n) is 8.68. The molecule has 1 aromatic heterocycles. The lowest BCUT2D eigenvalue weighted by Gasteiger charge is -2.13. The maximum atomic E-state index is 13.5. The fourth-order valence-corrected chi connectivity index (χ4v) is 3.13.